The lowest BCUT2D eigenvalue weighted by atomic mass is 10.0. The number of rotatable bonds is 5. The number of carbonyl (C=O) groups excluding carboxylic acids is 1. The van der Waals surface area contributed by atoms with E-state index < -0.39 is 17.9 Å². The zero-order valence-corrected chi connectivity index (χ0v) is 13.8. The quantitative estimate of drug-likeness (QED) is 0.888. The molecule has 2 atom stereocenters. The summed E-state index contributed by atoms with van der Waals surface area (Å²) in [7, 11) is 0. The Bertz CT molecular complexity index is 740. The molecule has 0 aliphatic carbocycles. The van der Waals surface area contributed by atoms with Crippen LogP contribution in [0.25, 0.3) is 10.9 Å². The Morgan fingerprint density at radius 1 is 1.13 bits per heavy atom. The molecule has 2 N–H and O–H groups in total. The van der Waals surface area contributed by atoms with Gasteiger partial charge in [0.1, 0.15) is 0 Å². The largest absolute Gasteiger partial charge is 0.481 e. The maximum atomic E-state index is 12.6. The number of carbonyl (C=O) groups is 2. The third kappa shape index (κ3) is 3.67. The van der Waals surface area contributed by atoms with Gasteiger partial charge in [-0.05, 0) is 31.9 Å². The maximum absolute atomic E-state index is 12.6. The molecule has 1 heterocycles. The van der Waals surface area contributed by atoms with Crippen LogP contribution in [0, 0.1) is 5.92 Å². The number of hydrogen-bond donors (Lipinski definition) is 2. The molecule has 1 aromatic carbocycles. The van der Waals surface area contributed by atoms with Gasteiger partial charge in [-0.1, -0.05) is 32.0 Å². The van der Waals surface area contributed by atoms with Crippen LogP contribution in [0.15, 0.2) is 30.3 Å². The third-order valence-electron chi connectivity index (χ3n) is 4.07. The molecule has 0 aliphatic rings. The van der Waals surface area contributed by atoms with Crippen molar-refractivity contribution in [2.24, 2.45) is 5.92 Å². The highest BCUT2D eigenvalue weighted by Crippen LogP contribution is 2.22. The second-order valence-electron chi connectivity index (χ2n) is 6.16. The number of fused-ring (bicyclic) bond motifs is 1. The lowest BCUT2D eigenvalue weighted by Crippen LogP contribution is -2.40. The Kier molecular flexibility index (Phi) is 4.98. The average molecular weight is 314 g/mol. The van der Waals surface area contributed by atoms with Crippen molar-refractivity contribution >= 4 is 22.8 Å². The molecule has 1 aromatic heterocycles. The van der Waals surface area contributed by atoms with Crippen LogP contribution < -0.4 is 5.32 Å². The van der Waals surface area contributed by atoms with Crippen molar-refractivity contribution in [3.8, 4) is 0 Å². The molecule has 0 radical (unpaired) electrons. The molecule has 2 unspecified atom stereocenters. The van der Waals surface area contributed by atoms with Crippen LogP contribution in [0.5, 0.6) is 0 Å². The van der Waals surface area contributed by atoms with Gasteiger partial charge in [-0.3, -0.25) is 14.6 Å². The van der Waals surface area contributed by atoms with E-state index in [2.05, 4.69) is 10.3 Å². The number of aliphatic carboxylic acids is 1. The normalized spacial score (nSPS) is 13.8. The first-order valence-corrected chi connectivity index (χ1v) is 7.74. The fourth-order valence-electron chi connectivity index (χ4n) is 2.30. The van der Waals surface area contributed by atoms with E-state index in [0.717, 1.165) is 16.6 Å². The molecule has 0 saturated carbocycles. The molecule has 0 fully saturated rings. The molecule has 23 heavy (non-hydrogen) atoms. The average Bonchev–Trinajstić information content (AvgIpc) is 2.52. The van der Waals surface area contributed by atoms with Gasteiger partial charge in [0.05, 0.1) is 17.0 Å². The van der Waals surface area contributed by atoms with E-state index in [1.165, 1.54) is 0 Å². The number of para-hydroxylation sites is 1. The van der Waals surface area contributed by atoms with Crippen molar-refractivity contribution in [1.29, 1.82) is 0 Å². The van der Waals surface area contributed by atoms with Crippen LogP contribution in [0.2, 0.25) is 0 Å². The number of hydrogen-bond acceptors (Lipinski definition) is 3. The van der Waals surface area contributed by atoms with E-state index in [4.69, 9.17) is 5.11 Å². The summed E-state index contributed by atoms with van der Waals surface area (Å²) in [4.78, 5) is 28.3. The van der Waals surface area contributed by atoms with Crippen molar-refractivity contribution in [2.45, 2.75) is 39.7 Å². The van der Waals surface area contributed by atoms with Crippen LogP contribution in [0.1, 0.15) is 49.7 Å². The van der Waals surface area contributed by atoms with Gasteiger partial charge in [-0.2, -0.15) is 0 Å². The number of pyridine rings is 1. The fraction of sp³-hybridized carbons (Fsp3) is 0.389. The van der Waals surface area contributed by atoms with Gasteiger partial charge in [-0.15, -0.1) is 0 Å². The van der Waals surface area contributed by atoms with Gasteiger partial charge in [0.2, 0.25) is 0 Å². The summed E-state index contributed by atoms with van der Waals surface area (Å²) in [6.07, 6.45) is 0. The van der Waals surface area contributed by atoms with E-state index in [0.29, 0.717) is 5.56 Å². The highest BCUT2D eigenvalue weighted by molar-refractivity contribution is 6.06. The zero-order chi connectivity index (χ0) is 17.1. The molecular formula is C18H22N2O3. The van der Waals surface area contributed by atoms with Gasteiger partial charge in [0, 0.05) is 17.1 Å². The molecule has 5 heteroatoms. The maximum Gasteiger partial charge on any atom is 0.308 e. The Labute approximate surface area is 135 Å². The molecule has 2 aromatic rings. The van der Waals surface area contributed by atoms with Crippen molar-refractivity contribution in [1.82, 2.24) is 10.3 Å². The van der Waals surface area contributed by atoms with Crippen LogP contribution in [-0.4, -0.2) is 28.0 Å². The standard InChI is InChI=1S/C18H22N2O3/c1-10(2)16-9-14(13-7-5-6-8-15(13)20-16)17(21)19-12(4)11(3)18(22)23/h5-12H,1-4H3,(H,19,21)(H,22,23). The highest BCUT2D eigenvalue weighted by Gasteiger charge is 2.23. The first-order valence-electron chi connectivity index (χ1n) is 7.74. The molecule has 0 spiro atoms. The minimum Gasteiger partial charge on any atom is -0.481 e. The highest BCUT2D eigenvalue weighted by atomic mass is 16.4. The molecule has 0 saturated heterocycles. The number of carboxylic acid groups (broad SMARTS) is 1. The van der Waals surface area contributed by atoms with Gasteiger partial charge >= 0.3 is 5.97 Å². The predicted molar refractivity (Wildman–Crippen MR) is 89.6 cm³/mol. The Morgan fingerprint density at radius 3 is 2.39 bits per heavy atom. The second kappa shape index (κ2) is 6.77. The first kappa shape index (κ1) is 16.9. The molecule has 0 aliphatic heterocycles. The van der Waals surface area contributed by atoms with E-state index in [9.17, 15) is 9.59 Å². The van der Waals surface area contributed by atoms with Crippen LogP contribution in [0.3, 0.4) is 0 Å². The lowest BCUT2D eigenvalue weighted by molar-refractivity contribution is -0.141. The Balaban J connectivity index is 2.41. The topological polar surface area (TPSA) is 79.3 Å². The summed E-state index contributed by atoms with van der Waals surface area (Å²) in [6, 6.07) is 8.80. The van der Waals surface area contributed by atoms with Crippen molar-refractivity contribution in [3.05, 3.63) is 41.6 Å². The molecule has 0 bridgehead atoms. The second-order valence-corrected chi connectivity index (χ2v) is 6.16. The van der Waals surface area contributed by atoms with Gasteiger partial charge < -0.3 is 10.4 Å². The summed E-state index contributed by atoms with van der Waals surface area (Å²) in [5.74, 6) is -1.66. The number of nitrogens with zero attached hydrogens (tertiary/aromatic N) is 1. The van der Waals surface area contributed by atoms with Gasteiger partial charge in [0.15, 0.2) is 0 Å². The monoisotopic (exact) mass is 314 g/mol. The van der Waals surface area contributed by atoms with Crippen molar-refractivity contribution < 1.29 is 14.7 Å². The number of aromatic nitrogens is 1. The minimum atomic E-state index is -0.930. The van der Waals surface area contributed by atoms with Gasteiger partial charge in [0.25, 0.3) is 5.91 Å². The SMILES string of the molecule is CC(C)c1cc(C(=O)NC(C)C(C)C(=O)O)c2ccccc2n1. The smallest absolute Gasteiger partial charge is 0.308 e. The summed E-state index contributed by atoms with van der Waals surface area (Å²) in [5, 5.41) is 12.6. The number of benzene rings is 1. The van der Waals surface area contributed by atoms with E-state index in [1.54, 1.807) is 19.9 Å². The molecule has 122 valence electrons. The van der Waals surface area contributed by atoms with Crippen LogP contribution in [0.4, 0.5) is 0 Å². The third-order valence-corrected chi connectivity index (χ3v) is 4.07. The van der Waals surface area contributed by atoms with Crippen LogP contribution >= 0.6 is 0 Å². The van der Waals surface area contributed by atoms with E-state index in [-0.39, 0.29) is 11.8 Å². The zero-order valence-electron chi connectivity index (χ0n) is 13.8. The number of amides is 1. The van der Waals surface area contributed by atoms with E-state index >= 15 is 0 Å². The van der Waals surface area contributed by atoms with Crippen molar-refractivity contribution in [3.63, 3.8) is 0 Å². The fourth-order valence-corrected chi connectivity index (χ4v) is 2.30. The predicted octanol–water partition coefficient (Wildman–Crippen LogP) is 3.20. The van der Waals surface area contributed by atoms with E-state index in [1.807, 2.05) is 38.1 Å². The minimum absolute atomic E-state index is 0.196. The molecule has 5 nitrogen and oxygen atoms in total. The summed E-state index contributed by atoms with van der Waals surface area (Å²) in [5.41, 5.74) is 2.14. The van der Waals surface area contributed by atoms with Crippen LogP contribution in [-0.2, 0) is 4.79 Å². The summed E-state index contributed by atoms with van der Waals surface area (Å²) >= 11 is 0. The Hall–Kier alpha value is -2.43. The number of carboxylic acids is 1. The number of nitrogens with one attached hydrogen (secondary N) is 1. The molecule has 2 rings (SSSR count). The molecular weight excluding hydrogens is 292 g/mol. The molecule has 1 amide bonds. The van der Waals surface area contributed by atoms with Crippen molar-refractivity contribution in [2.75, 3.05) is 0 Å². The Morgan fingerprint density at radius 2 is 1.78 bits per heavy atom. The summed E-state index contributed by atoms with van der Waals surface area (Å²) < 4.78 is 0. The lowest BCUT2D eigenvalue weighted by Gasteiger charge is -2.19. The first-order chi connectivity index (χ1) is 10.8. The van der Waals surface area contributed by atoms with Gasteiger partial charge in [-0.25, -0.2) is 0 Å². The summed E-state index contributed by atoms with van der Waals surface area (Å²) in [6.45, 7) is 7.32.